The number of urea groups is 1. The van der Waals surface area contributed by atoms with Gasteiger partial charge in [-0.1, -0.05) is 0 Å². The Morgan fingerprint density at radius 1 is 1.52 bits per heavy atom. The number of aromatic amines is 1. The van der Waals surface area contributed by atoms with Gasteiger partial charge in [-0.2, -0.15) is 18.3 Å². The molecule has 6 nitrogen and oxygen atoms in total. The van der Waals surface area contributed by atoms with Crippen LogP contribution in [0.2, 0.25) is 0 Å². The van der Waals surface area contributed by atoms with Crippen molar-refractivity contribution in [3.63, 3.8) is 0 Å². The first-order valence-corrected chi connectivity index (χ1v) is 6.63. The first-order chi connectivity index (χ1) is 9.88. The summed E-state index contributed by atoms with van der Waals surface area (Å²) in [6, 6.07) is 1.39. The number of hydrogen-bond donors (Lipinski definition) is 3. The Kier molecular flexibility index (Phi) is 4.71. The van der Waals surface area contributed by atoms with E-state index in [0.29, 0.717) is 0 Å². The van der Waals surface area contributed by atoms with E-state index >= 15 is 0 Å². The Balaban J connectivity index is 1.77. The topological polar surface area (TPSA) is 81.2 Å². The van der Waals surface area contributed by atoms with E-state index in [1.54, 1.807) is 12.3 Å². The zero-order chi connectivity index (χ0) is 15.5. The van der Waals surface area contributed by atoms with Crippen LogP contribution < -0.4 is 5.32 Å². The monoisotopic (exact) mass is 306 g/mol. The highest BCUT2D eigenvalue weighted by molar-refractivity contribution is 5.74. The zero-order valence-corrected chi connectivity index (χ0v) is 11.2. The molecule has 2 heterocycles. The Labute approximate surface area is 119 Å². The number of carbonyl (C=O) groups is 1. The average Bonchev–Trinajstić information content (AvgIpc) is 2.96. The normalized spacial score (nSPS) is 18.6. The summed E-state index contributed by atoms with van der Waals surface area (Å²) in [5.41, 5.74) is 0.741. The van der Waals surface area contributed by atoms with Crippen molar-refractivity contribution in [2.24, 2.45) is 5.92 Å². The first kappa shape index (κ1) is 15.6. The van der Waals surface area contributed by atoms with Crippen molar-refractivity contribution in [3.05, 3.63) is 18.0 Å². The van der Waals surface area contributed by atoms with Gasteiger partial charge in [-0.3, -0.25) is 5.10 Å². The molecule has 21 heavy (non-hydrogen) atoms. The molecule has 1 fully saturated rings. The lowest BCUT2D eigenvalue weighted by atomic mass is 9.91. The van der Waals surface area contributed by atoms with Gasteiger partial charge in [-0.25, -0.2) is 4.79 Å². The molecule has 1 saturated heterocycles. The van der Waals surface area contributed by atoms with Crippen molar-refractivity contribution >= 4 is 6.03 Å². The number of carbonyl (C=O) groups excluding carboxylic acids is 1. The molecular formula is C12H17F3N4O2. The number of piperidine rings is 1. The van der Waals surface area contributed by atoms with Gasteiger partial charge >= 0.3 is 12.2 Å². The van der Waals surface area contributed by atoms with E-state index in [4.69, 9.17) is 0 Å². The molecule has 1 aliphatic heterocycles. The van der Waals surface area contributed by atoms with Crippen LogP contribution in [0.4, 0.5) is 18.0 Å². The van der Waals surface area contributed by atoms with E-state index < -0.39 is 18.2 Å². The fourth-order valence-corrected chi connectivity index (χ4v) is 2.35. The summed E-state index contributed by atoms with van der Waals surface area (Å²) >= 11 is 0. The molecule has 0 spiro atoms. The number of nitrogens with zero attached hydrogens (tertiary/aromatic N) is 2. The molecule has 1 unspecified atom stereocenters. The molecule has 2 rings (SSSR count). The van der Waals surface area contributed by atoms with Crippen LogP contribution in [0.3, 0.4) is 0 Å². The molecule has 0 radical (unpaired) electrons. The molecule has 2 amide bonds. The number of halogens is 3. The molecular weight excluding hydrogens is 289 g/mol. The Hall–Kier alpha value is -1.77. The van der Waals surface area contributed by atoms with Crippen LogP contribution >= 0.6 is 0 Å². The number of nitrogens with one attached hydrogen (secondary N) is 2. The summed E-state index contributed by atoms with van der Waals surface area (Å²) in [4.78, 5) is 13.3. The summed E-state index contributed by atoms with van der Waals surface area (Å²) < 4.78 is 37.2. The quantitative estimate of drug-likeness (QED) is 0.786. The first-order valence-electron chi connectivity index (χ1n) is 6.63. The van der Waals surface area contributed by atoms with Crippen molar-refractivity contribution in [3.8, 4) is 0 Å². The SMILES string of the molecule is O=C(NCc1ccn[nH]1)N1CCC(C(O)C(F)(F)F)CC1. The van der Waals surface area contributed by atoms with Gasteiger partial charge in [-0.15, -0.1) is 0 Å². The highest BCUT2D eigenvalue weighted by Gasteiger charge is 2.44. The fraction of sp³-hybridized carbons (Fsp3) is 0.667. The van der Waals surface area contributed by atoms with Crippen LogP contribution in [0.5, 0.6) is 0 Å². The number of rotatable bonds is 3. The van der Waals surface area contributed by atoms with Gasteiger partial charge in [-0.05, 0) is 24.8 Å². The van der Waals surface area contributed by atoms with Crippen LogP contribution in [0, 0.1) is 5.92 Å². The Morgan fingerprint density at radius 2 is 2.19 bits per heavy atom. The van der Waals surface area contributed by atoms with E-state index in [1.165, 1.54) is 4.90 Å². The van der Waals surface area contributed by atoms with Gasteiger partial charge in [0.1, 0.15) is 0 Å². The van der Waals surface area contributed by atoms with Crippen molar-refractivity contribution in [2.45, 2.75) is 31.7 Å². The largest absolute Gasteiger partial charge is 0.414 e. The van der Waals surface area contributed by atoms with Crippen LogP contribution in [-0.2, 0) is 6.54 Å². The number of amides is 2. The summed E-state index contributed by atoms with van der Waals surface area (Å²) in [5, 5.41) is 18.3. The second kappa shape index (κ2) is 6.33. The van der Waals surface area contributed by atoms with Crippen molar-refractivity contribution < 1.29 is 23.1 Å². The molecule has 0 aliphatic carbocycles. The summed E-state index contributed by atoms with van der Waals surface area (Å²) in [6.45, 7) is 0.684. The van der Waals surface area contributed by atoms with Gasteiger partial charge in [0.05, 0.1) is 12.2 Å². The van der Waals surface area contributed by atoms with Crippen molar-refractivity contribution in [1.82, 2.24) is 20.4 Å². The molecule has 0 saturated carbocycles. The second-order valence-corrected chi connectivity index (χ2v) is 5.05. The second-order valence-electron chi connectivity index (χ2n) is 5.05. The molecule has 1 atom stereocenters. The number of aliphatic hydroxyl groups is 1. The number of alkyl halides is 3. The predicted octanol–water partition coefficient (Wildman–Crippen LogP) is 1.25. The minimum absolute atomic E-state index is 0.137. The molecule has 3 N–H and O–H groups in total. The lowest BCUT2D eigenvalue weighted by Gasteiger charge is -2.34. The van der Waals surface area contributed by atoms with Crippen LogP contribution in [0.1, 0.15) is 18.5 Å². The van der Waals surface area contributed by atoms with E-state index in [-0.39, 0.29) is 38.5 Å². The number of H-pyrrole nitrogens is 1. The van der Waals surface area contributed by atoms with E-state index in [0.717, 1.165) is 5.69 Å². The van der Waals surface area contributed by atoms with E-state index in [9.17, 15) is 23.1 Å². The van der Waals surface area contributed by atoms with Crippen LogP contribution in [0.15, 0.2) is 12.3 Å². The van der Waals surface area contributed by atoms with Crippen LogP contribution in [-0.4, -0.2) is 51.6 Å². The van der Waals surface area contributed by atoms with E-state index in [1.807, 2.05) is 0 Å². The smallest absolute Gasteiger partial charge is 0.383 e. The standard InChI is InChI=1S/C12H17F3N4O2/c13-12(14,15)10(20)8-2-5-19(6-3-8)11(21)16-7-9-1-4-17-18-9/h1,4,8,10,20H,2-3,5-7H2,(H,16,21)(H,17,18). The highest BCUT2D eigenvalue weighted by Crippen LogP contribution is 2.31. The third-order valence-corrected chi connectivity index (χ3v) is 3.60. The summed E-state index contributed by atoms with van der Waals surface area (Å²) in [6.07, 6.45) is -5.08. The summed E-state index contributed by atoms with van der Waals surface area (Å²) in [5.74, 6) is -0.846. The van der Waals surface area contributed by atoms with Crippen molar-refractivity contribution in [1.29, 1.82) is 0 Å². The number of hydrogen-bond acceptors (Lipinski definition) is 3. The Morgan fingerprint density at radius 3 is 2.71 bits per heavy atom. The molecule has 1 aromatic heterocycles. The minimum Gasteiger partial charge on any atom is -0.383 e. The van der Waals surface area contributed by atoms with Gasteiger partial charge in [0.15, 0.2) is 6.10 Å². The number of aromatic nitrogens is 2. The molecule has 1 aromatic rings. The van der Waals surface area contributed by atoms with Gasteiger partial charge in [0, 0.05) is 19.3 Å². The molecule has 1 aliphatic rings. The maximum Gasteiger partial charge on any atom is 0.414 e. The number of aliphatic hydroxyl groups excluding tert-OH is 1. The Bertz CT molecular complexity index is 456. The molecule has 0 aromatic carbocycles. The van der Waals surface area contributed by atoms with Gasteiger partial charge in [0.25, 0.3) is 0 Å². The zero-order valence-electron chi connectivity index (χ0n) is 11.2. The highest BCUT2D eigenvalue weighted by atomic mass is 19.4. The third kappa shape index (κ3) is 4.10. The summed E-state index contributed by atoms with van der Waals surface area (Å²) in [7, 11) is 0. The van der Waals surface area contributed by atoms with Crippen LogP contribution in [0.25, 0.3) is 0 Å². The average molecular weight is 306 g/mol. The van der Waals surface area contributed by atoms with Gasteiger partial charge < -0.3 is 15.3 Å². The maximum atomic E-state index is 12.4. The molecule has 0 bridgehead atoms. The van der Waals surface area contributed by atoms with Gasteiger partial charge in [0.2, 0.25) is 0 Å². The lowest BCUT2D eigenvalue weighted by molar-refractivity contribution is -0.222. The third-order valence-electron chi connectivity index (χ3n) is 3.60. The molecule has 9 heteroatoms. The maximum absolute atomic E-state index is 12.4. The lowest BCUT2D eigenvalue weighted by Crippen LogP contribution is -2.48. The predicted molar refractivity (Wildman–Crippen MR) is 67.2 cm³/mol. The number of likely N-dealkylation sites (tertiary alicyclic amines) is 1. The molecule has 118 valence electrons. The fourth-order valence-electron chi connectivity index (χ4n) is 2.35. The van der Waals surface area contributed by atoms with Crippen molar-refractivity contribution in [2.75, 3.05) is 13.1 Å². The van der Waals surface area contributed by atoms with E-state index in [2.05, 4.69) is 15.5 Å². The minimum atomic E-state index is -4.60.